The highest BCUT2D eigenvalue weighted by Gasteiger charge is 2.10. The number of halogens is 1. The van der Waals surface area contributed by atoms with E-state index in [1.165, 1.54) is 0 Å². The normalized spacial score (nSPS) is 11.5. The number of nitrogens with two attached hydrogens (primary N) is 1. The summed E-state index contributed by atoms with van der Waals surface area (Å²) >= 11 is 0. The Bertz CT molecular complexity index is 687. The molecule has 3 N–H and O–H groups in total. The van der Waals surface area contributed by atoms with Crippen molar-refractivity contribution >= 4 is 24.0 Å². The maximum Gasteiger partial charge on any atom is 0.220 e. The summed E-state index contributed by atoms with van der Waals surface area (Å²) in [5.74, 6) is 1.38. The fourth-order valence-electron chi connectivity index (χ4n) is 2.52. The van der Waals surface area contributed by atoms with Crippen LogP contribution >= 0.6 is 12.4 Å². The molecule has 2 aromatic rings. The van der Waals surface area contributed by atoms with Crippen molar-refractivity contribution in [3.05, 3.63) is 59.7 Å². The molecule has 0 aliphatic carbocycles. The van der Waals surface area contributed by atoms with Gasteiger partial charge in [0.2, 0.25) is 5.91 Å². The van der Waals surface area contributed by atoms with Gasteiger partial charge in [-0.15, -0.1) is 12.4 Å². The number of nitrogen functional groups attached to an aromatic ring is 1. The van der Waals surface area contributed by atoms with Crippen molar-refractivity contribution in [2.75, 3.05) is 12.3 Å². The number of hydrogen-bond acceptors (Lipinski definition) is 3. The van der Waals surface area contributed by atoms with Crippen LogP contribution in [0.5, 0.6) is 5.75 Å². The maximum atomic E-state index is 12.2. The van der Waals surface area contributed by atoms with Gasteiger partial charge in [0.25, 0.3) is 0 Å². The summed E-state index contributed by atoms with van der Waals surface area (Å²) in [6, 6.07) is 15.5. The minimum Gasteiger partial charge on any atom is -0.493 e. The Morgan fingerprint density at radius 2 is 1.73 bits per heavy atom. The van der Waals surface area contributed by atoms with Crippen LogP contribution in [0.3, 0.4) is 0 Å². The molecule has 0 spiro atoms. The average Bonchev–Trinajstić information content (AvgIpc) is 2.59. The molecule has 0 saturated carbocycles. The first-order valence-corrected chi connectivity index (χ1v) is 8.81. The van der Waals surface area contributed by atoms with E-state index in [1.807, 2.05) is 55.5 Å². The van der Waals surface area contributed by atoms with E-state index in [1.54, 1.807) is 0 Å². The van der Waals surface area contributed by atoms with Gasteiger partial charge in [0.1, 0.15) is 5.75 Å². The van der Waals surface area contributed by atoms with Crippen molar-refractivity contribution in [2.24, 2.45) is 5.92 Å². The van der Waals surface area contributed by atoms with Gasteiger partial charge in [-0.3, -0.25) is 4.79 Å². The van der Waals surface area contributed by atoms with E-state index in [2.05, 4.69) is 19.2 Å². The minimum absolute atomic E-state index is 0. The highest BCUT2D eigenvalue weighted by molar-refractivity contribution is 5.85. The molecule has 0 aliphatic rings. The van der Waals surface area contributed by atoms with Crippen molar-refractivity contribution < 1.29 is 9.53 Å². The number of anilines is 1. The van der Waals surface area contributed by atoms with Crippen LogP contribution in [-0.4, -0.2) is 12.5 Å². The number of amides is 1. The molecule has 1 atom stereocenters. The number of benzene rings is 2. The van der Waals surface area contributed by atoms with E-state index in [0.717, 1.165) is 22.6 Å². The van der Waals surface area contributed by atoms with Crippen molar-refractivity contribution in [3.8, 4) is 5.75 Å². The van der Waals surface area contributed by atoms with Crippen LogP contribution in [0.4, 0.5) is 5.69 Å². The molecule has 2 aromatic carbocycles. The molecule has 0 saturated heterocycles. The molecule has 4 nitrogen and oxygen atoms in total. The van der Waals surface area contributed by atoms with E-state index in [-0.39, 0.29) is 24.4 Å². The molecule has 0 heterocycles. The molecule has 0 fully saturated rings. The highest BCUT2D eigenvalue weighted by Crippen LogP contribution is 2.19. The van der Waals surface area contributed by atoms with Gasteiger partial charge in [0.05, 0.1) is 12.6 Å². The van der Waals surface area contributed by atoms with E-state index < -0.39 is 0 Å². The summed E-state index contributed by atoms with van der Waals surface area (Å²) in [6.07, 6.45) is 1.07. The fourth-order valence-corrected chi connectivity index (χ4v) is 2.52. The van der Waals surface area contributed by atoms with Crippen LogP contribution in [0.15, 0.2) is 48.5 Å². The van der Waals surface area contributed by atoms with Gasteiger partial charge in [-0.25, -0.2) is 0 Å². The topological polar surface area (TPSA) is 64.3 Å². The second-order valence-electron chi connectivity index (χ2n) is 6.76. The summed E-state index contributed by atoms with van der Waals surface area (Å²) in [5.41, 5.74) is 8.72. The molecule has 1 unspecified atom stereocenters. The summed E-state index contributed by atoms with van der Waals surface area (Å²) < 4.78 is 5.68. The summed E-state index contributed by atoms with van der Waals surface area (Å²) in [7, 11) is 0. The number of aryl methyl sites for hydroxylation is 1. The van der Waals surface area contributed by atoms with Crippen LogP contribution in [0, 0.1) is 5.92 Å². The number of carbonyl (C=O) groups excluding carboxylic acids is 1. The lowest BCUT2D eigenvalue weighted by Crippen LogP contribution is -2.26. The molecule has 26 heavy (non-hydrogen) atoms. The number of nitrogens with one attached hydrogen (secondary N) is 1. The van der Waals surface area contributed by atoms with Crippen molar-refractivity contribution in [1.29, 1.82) is 0 Å². The Hall–Kier alpha value is -2.20. The summed E-state index contributed by atoms with van der Waals surface area (Å²) in [5, 5.41) is 3.04. The molecular formula is C21H29ClN2O2. The Labute approximate surface area is 162 Å². The molecular weight excluding hydrogens is 348 g/mol. The van der Waals surface area contributed by atoms with Gasteiger partial charge < -0.3 is 15.8 Å². The Kier molecular flexibility index (Phi) is 9.00. The molecule has 0 aliphatic heterocycles. The third-order valence-corrected chi connectivity index (χ3v) is 4.02. The van der Waals surface area contributed by atoms with Crippen LogP contribution in [0.25, 0.3) is 0 Å². The third kappa shape index (κ3) is 6.96. The summed E-state index contributed by atoms with van der Waals surface area (Å²) in [4.78, 5) is 12.2. The van der Waals surface area contributed by atoms with Gasteiger partial charge in [-0.1, -0.05) is 44.2 Å². The first kappa shape index (κ1) is 21.8. The van der Waals surface area contributed by atoms with Gasteiger partial charge in [0.15, 0.2) is 0 Å². The monoisotopic (exact) mass is 376 g/mol. The number of rotatable bonds is 8. The smallest absolute Gasteiger partial charge is 0.220 e. The number of carbonyl (C=O) groups is 1. The summed E-state index contributed by atoms with van der Waals surface area (Å²) in [6.45, 7) is 6.93. The molecule has 142 valence electrons. The zero-order chi connectivity index (χ0) is 18.2. The van der Waals surface area contributed by atoms with Crippen LogP contribution in [0.1, 0.15) is 44.4 Å². The molecule has 0 radical (unpaired) electrons. The van der Waals surface area contributed by atoms with E-state index >= 15 is 0 Å². The SMILES string of the molecule is CC(C)COc1ccc(C(C)NC(=O)CCc2ccccc2N)cc1.Cl. The lowest BCUT2D eigenvalue weighted by molar-refractivity contribution is -0.121. The van der Waals surface area contributed by atoms with Crippen LogP contribution in [0.2, 0.25) is 0 Å². The first-order chi connectivity index (χ1) is 12.0. The number of para-hydroxylation sites is 1. The van der Waals surface area contributed by atoms with Crippen molar-refractivity contribution in [1.82, 2.24) is 5.32 Å². The zero-order valence-corrected chi connectivity index (χ0v) is 16.5. The molecule has 0 aromatic heterocycles. The maximum absolute atomic E-state index is 12.2. The standard InChI is InChI=1S/C21H28N2O2.ClH/c1-15(2)14-25-19-11-8-17(9-12-19)16(3)23-21(24)13-10-18-6-4-5-7-20(18)22;/h4-9,11-12,15-16H,10,13-14,22H2,1-3H3,(H,23,24);1H. The lowest BCUT2D eigenvalue weighted by atomic mass is 10.1. The van der Waals surface area contributed by atoms with E-state index in [0.29, 0.717) is 25.4 Å². The zero-order valence-electron chi connectivity index (χ0n) is 15.7. The second kappa shape index (κ2) is 10.7. The lowest BCUT2D eigenvalue weighted by Gasteiger charge is -2.15. The van der Waals surface area contributed by atoms with Crippen LogP contribution in [-0.2, 0) is 11.2 Å². The number of hydrogen-bond donors (Lipinski definition) is 2. The predicted octanol–water partition coefficient (Wildman–Crippen LogP) is 4.54. The van der Waals surface area contributed by atoms with E-state index in [9.17, 15) is 4.79 Å². The Balaban J connectivity index is 0.00000338. The molecule has 1 amide bonds. The second-order valence-corrected chi connectivity index (χ2v) is 6.76. The fraction of sp³-hybridized carbons (Fsp3) is 0.381. The predicted molar refractivity (Wildman–Crippen MR) is 110 cm³/mol. The van der Waals surface area contributed by atoms with Crippen molar-refractivity contribution in [3.63, 3.8) is 0 Å². The van der Waals surface area contributed by atoms with Gasteiger partial charge in [-0.2, -0.15) is 0 Å². The van der Waals surface area contributed by atoms with Gasteiger partial charge in [0, 0.05) is 12.1 Å². The molecule has 2 rings (SSSR count). The Morgan fingerprint density at radius 3 is 2.35 bits per heavy atom. The number of ether oxygens (including phenoxy) is 1. The van der Waals surface area contributed by atoms with Crippen LogP contribution < -0.4 is 15.8 Å². The van der Waals surface area contributed by atoms with Gasteiger partial charge >= 0.3 is 0 Å². The van der Waals surface area contributed by atoms with Crippen molar-refractivity contribution in [2.45, 2.75) is 39.7 Å². The third-order valence-electron chi connectivity index (χ3n) is 4.02. The highest BCUT2D eigenvalue weighted by atomic mass is 35.5. The van der Waals surface area contributed by atoms with Gasteiger partial charge in [-0.05, 0) is 48.6 Å². The van der Waals surface area contributed by atoms with E-state index in [4.69, 9.17) is 10.5 Å². The minimum atomic E-state index is -0.0419. The molecule has 5 heteroatoms. The Morgan fingerprint density at radius 1 is 1.08 bits per heavy atom. The first-order valence-electron chi connectivity index (χ1n) is 8.81. The largest absolute Gasteiger partial charge is 0.493 e. The average molecular weight is 377 g/mol. The quantitative estimate of drug-likeness (QED) is 0.665. The molecule has 0 bridgehead atoms.